The second-order valence-corrected chi connectivity index (χ2v) is 17.1. The van der Waals surface area contributed by atoms with Crippen LogP contribution in [0.4, 0.5) is 0 Å². The molecule has 0 saturated heterocycles. The Morgan fingerprint density at radius 1 is 0.333 bits per heavy atom. The van der Waals surface area contributed by atoms with Gasteiger partial charge in [0.15, 0.2) is 0 Å². The molecule has 0 spiro atoms. The summed E-state index contributed by atoms with van der Waals surface area (Å²) in [4.78, 5) is 0. The van der Waals surface area contributed by atoms with Crippen LogP contribution < -0.4 is 7.22 Å². The molecule has 0 atom stereocenters. The standard InChI is InChI=1S/C28H18Te2/c1-5-13-23-19(9-1)17-20-10-2-6-14-24(20)27(23)29-30-28-25-15-7-3-11-21(25)18-22-12-4-8-16-26(22)28/h1-18H. The summed E-state index contributed by atoms with van der Waals surface area (Å²) in [5.41, 5.74) is 0. The molecule has 0 bridgehead atoms. The molecule has 0 heterocycles. The summed E-state index contributed by atoms with van der Waals surface area (Å²) in [5, 5.41) is 11.4. The van der Waals surface area contributed by atoms with Gasteiger partial charge in [-0.25, -0.2) is 0 Å². The summed E-state index contributed by atoms with van der Waals surface area (Å²) in [6, 6.07) is 40.5. The summed E-state index contributed by atoms with van der Waals surface area (Å²) < 4.78 is 3.29. The minimum atomic E-state index is -0.300. The Labute approximate surface area is 192 Å². The zero-order valence-electron chi connectivity index (χ0n) is 16.2. The van der Waals surface area contributed by atoms with Crippen LogP contribution in [0, 0.1) is 0 Å². The molecule has 0 radical (unpaired) electrons. The zero-order chi connectivity index (χ0) is 19.9. The molecule has 0 fully saturated rings. The van der Waals surface area contributed by atoms with Crippen LogP contribution in [0.15, 0.2) is 109 Å². The number of fused-ring (bicyclic) bond motifs is 4. The van der Waals surface area contributed by atoms with Crippen molar-refractivity contribution in [3.05, 3.63) is 109 Å². The van der Waals surface area contributed by atoms with E-state index in [4.69, 9.17) is 0 Å². The van der Waals surface area contributed by atoms with Gasteiger partial charge < -0.3 is 0 Å². The Hall–Kier alpha value is -2.06. The van der Waals surface area contributed by atoms with Crippen LogP contribution in [-0.2, 0) is 0 Å². The molecule has 6 aromatic carbocycles. The van der Waals surface area contributed by atoms with E-state index in [1.54, 1.807) is 7.22 Å². The Kier molecular flexibility index (Phi) is 4.91. The maximum absolute atomic E-state index is 2.36. The fourth-order valence-electron chi connectivity index (χ4n) is 4.21. The molecule has 2 heteroatoms. The molecule has 0 saturated carbocycles. The van der Waals surface area contributed by atoms with Gasteiger partial charge in [-0.2, -0.15) is 0 Å². The van der Waals surface area contributed by atoms with Gasteiger partial charge in [0.1, 0.15) is 0 Å². The van der Waals surface area contributed by atoms with E-state index in [1.807, 2.05) is 0 Å². The van der Waals surface area contributed by atoms with Crippen LogP contribution in [-0.4, -0.2) is 34.1 Å². The third-order valence-electron chi connectivity index (χ3n) is 5.65. The van der Waals surface area contributed by atoms with E-state index in [2.05, 4.69) is 109 Å². The molecular weight excluding hydrogens is 592 g/mol. The van der Waals surface area contributed by atoms with Gasteiger partial charge in [0, 0.05) is 0 Å². The molecule has 0 amide bonds. The number of rotatable bonds is 3. The molecule has 0 aromatic heterocycles. The number of benzene rings is 6. The monoisotopic (exact) mass is 614 g/mol. The molecule has 0 nitrogen and oxygen atoms in total. The molecule has 6 aromatic rings. The van der Waals surface area contributed by atoms with Crippen LogP contribution in [0.3, 0.4) is 0 Å². The van der Waals surface area contributed by atoms with Crippen molar-refractivity contribution in [1.29, 1.82) is 0 Å². The number of hydrogen-bond acceptors (Lipinski definition) is 0. The van der Waals surface area contributed by atoms with Crippen LogP contribution in [0.2, 0.25) is 0 Å². The van der Waals surface area contributed by atoms with Gasteiger partial charge in [-0.3, -0.25) is 0 Å². The zero-order valence-corrected chi connectivity index (χ0v) is 20.9. The van der Waals surface area contributed by atoms with Crippen molar-refractivity contribution in [3.63, 3.8) is 0 Å². The molecular formula is C28H18Te2. The Balaban J connectivity index is 1.56. The first-order valence-corrected chi connectivity index (χ1v) is 19.7. The first kappa shape index (κ1) is 18.7. The predicted octanol–water partition coefficient (Wildman–Crippen LogP) is 5.57. The van der Waals surface area contributed by atoms with Gasteiger partial charge in [0.25, 0.3) is 0 Å². The van der Waals surface area contributed by atoms with E-state index in [0.29, 0.717) is 0 Å². The van der Waals surface area contributed by atoms with E-state index in [1.165, 1.54) is 43.1 Å². The second-order valence-electron chi connectivity index (χ2n) is 7.46. The van der Waals surface area contributed by atoms with E-state index in [0.717, 1.165) is 0 Å². The van der Waals surface area contributed by atoms with Gasteiger partial charge in [0.05, 0.1) is 0 Å². The molecule has 142 valence electrons. The average Bonchev–Trinajstić information content (AvgIpc) is 2.81. The fraction of sp³-hybridized carbons (Fsp3) is 0. The van der Waals surface area contributed by atoms with Crippen molar-refractivity contribution in [1.82, 2.24) is 0 Å². The SMILES string of the molecule is c1ccc2c([Te][Te]c3c4ccccc4cc4ccccc34)c3ccccc3cc2c1. The van der Waals surface area contributed by atoms with Gasteiger partial charge >= 0.3 is 194 Å². The molecule has 0 aliphatic carbocycles. The fourth-order valence-corrected chi connectivity index (χ4v) is 17.9. The maximum atomic E-state index is 2.36. The van der Waals surface area contributed by atoms with Gasteiger partial charge in [-0.15, -0.1) is 0 Å². The third kappa shape index (κ3) is 3.21. The third-order valence-corrected chi connectivity index (χ3v) is 17.3. The van der Waals surface area contributed by atoms with Crippen LogP contribution in [0.25, 0.3) is 43.1 Å². The first-order chi connectivity index (χ1) is 14.9. The van der Waals surface area contributed by atoms with E-state index in [-0.39, 0.29) is 34.1 Å². The minimum absolute atomic E-state index is 0.300. The van der Waals surface area contributed by atoms with E-state index in [9.17, 15) is 0 Å². The summed E-state index contributed by atoms with van der Waals surface area (Å²) in [6.07, 6.45) is 0. The Bertz CT molecular complexity index is 1320. The molecule has 30 heavy (non-hydrogen) atoms. The van der Waals surface area contributed by atoms with Crippen LogP contribution in [0.5, 0.6) is 0 Å². The summed E-state index contributed by atoms with van der Waals surface area (Å²) in [7, 11) is 0. The normalized spacial score (nSPS) is 11.6. The van der Waals surface area contributed by atoms with Crippen LogP contribution in [0.1, 0.15) is 0 Å². The van der Waals surface area contributed by atoms with E-state index < -0.39 is 0 Å². The van der Waals surface area contributed by atoms with Crippen molar-refractivity contribution in [2.75, 3.05) is 0 Å². The van der Waals surface area contributed by atoms with Crippen molar-refractivity contribution in [2.24, 2.45) is 0 Å². The molecule has 6 rings (SSSR count). The summed E-state index contributed by atoms with van der Waals surface area (Å²) in [5.74, 6) is 0. The second kappa shape index (κ2) is 7.89. The Morgan fingerprint density at radius 3 is 0.900 bits per heavy atom. The molecule has 0 N–H and O–H groups in total. The van der Waals surface area contributed by atoms with Gasteiger partial charge in [-0.05, 0) is 0 Å². The molecule has 0 aliphatic rings. The molecule has 0 unspecified atom stereocenters. The van der Waals surface area contributed by atoms with E-state index >= 15 is 0 Å². The first-order valence-electron chi connectivity index (χ1n) is 10.0. The average molecular weight is 610 g/mol. The van der Waals surface area contributed by atoms with Gasteiger partial charge in [-0.1, -0.05) is 0 Å². The quantitative estimate of drug-likeness (QED) is 0.182. The molecule has 0 aliphatic heterocycles. The van der Waals surface area contributed by atoms with Crippen LogP contribution >= 0.6 is 0 Å². The van der Waals surface area contributed by atoms with Crippen molar-refractivity contribution in [2.45, 2.75) is 0 Å². The summed E-state index contributed by atoms with van der Waals surface area (Å²) >= 11 is -0.600. The summed E-state index contributed by atoms with van der Waals surface area (Å²) in [6.45, 7) is 0. The van der Waals surface area contributed by atoms with Crippen molar-refractivity contribution >= 4 is 84.4 Å². The van der Waals surface area contributed by atoms with Crippen molar-refractivity contribution in [3.8, 4) is 0 Å². The predicted molar refractivity (Wildman–Crippen MR) is 134 cm³/mol. The Morgan fingerprint density at radius 2 is 0.600 bits per heavy atom. The van der Waals surface area contributed by atoms with Crippen molar-refractivity contribution < 1.29 is 0 Å². The van der Waals surface area contributed by atoms with Gasteiger partial charge in [0.2, 0.25) is 0 Å². The number of hydrogen-bond donors (Lipinski definition) is 0. The topological polar surface area (TPSA) is 0 Å².